The van der Waals surface area contributed by atoms with Crippen molar-refractivity contribution < 1.29 is 8.42 Å². The molecule has 0 amide bonds. The van der Waals surface area contributed by atoms with Gasteiger partial charge in [-0.25, -0.2) is 8.42 Å². The van der Waals surface area contributed by atoms with Gasteiger partial charge in [0.05, 0.1) is 10.7 Å². The van der Waals surface area contributed by atoms with E-state index in [0.717, 1.165) is 23.5 Å². The van der Waals surface area contributed by atoms with Crippen molar-refractivity contribution in [3.8, 4) is 0 Å². The Hall–Kier alpha value is -0.430. The first-order chi connectivity index (χ1) is 9.43. The number of rotatable bonds is 4. The van der Waals surface area contributed by atoms with Gasteiger partial charge in [-0.15, -0.1) is 0 Å². The van der Waals surface area contributed by atoms with Crippen molar-refractivity contribution in [1.82, 2.24) is 5.32 Å². The normalized spacial score (nSPS) is 20.1. The summed E-state index contributed by atoms with van der Waals surface area (Å²) in [5.41, 5.74) is 1.89. The van der Waals surface area contributed by atoms with Gasteiger partial charge < -0.3 is 10.2 Å². The summed E-state index contributed by atoms with van der Waals surface area (Å²) in [5.74, 6) is 1.51. The van der Waals surface area contributed by atoms with Crippen molar-refractivity contribution in [1.29, 1.82) is 0 Å². The number of hydrogen-bond donors (Lipinski definition) is 1. The van der Waals surface area contributed by atoms with E-state index < -0.39 is 15.2 Å². The number of anilines is 1. The zero-order valence-electron chi connectivity index (χ0n) is 11.6. The highest BCUT2D eigenvalue weighted by Crippen LogP contribution is 2.32. The second-order valence-electron chi connectivity index (χ2n) is 4.87. The van der Waals surface area contributed by atoms with Gasteiger partial charge in [-0.3, -0.25) is 0 Å². The van der Waals surface area contributed by atoms with E-state index in [1.165, 1.54) is 6.26 Å². The number of sulfone groups is 1. The zero-order valence-corrected chi connectivity index (χ0v) is 14.0. The molecular weight excluding hydrogens is 316 g/mol. The van der Waals surface area contributed by atoms with E-state index in [1.54, 1.807) is 11.8 Å². The maximum Gasteiger partial charge on any atom is 0.169 e. The number of nitrogens with one attached hydrogen (secondary N) is 1. The molecule has 1 aliphatic heterocycles. The van der Waals surface area contributed by atoms with E-state index >= 15 is 0 Å². The summed E-state index contributed by atoms with van der Waals surface area (Å²) in [6.45, 7) is 1.44. The topological polar surface area (TPSA) is 49.4 Å². The van der Waals surface area contributed by atoms with Gasteiger partial charge in [-0.1, -0.05) is 17.7 Å². The van der Waals surface area contributed by atoms with Crippen LogP contribution in [0.1, 0.15) is 5.56 Å². The van der Waals surface area contributed by atoms with Crippen molar-refractivity contribution in [3.05, 3.63) is 28.8 Å². The lowest BCUT2D eigenvalue weighted by Crippen LogP contribution is -2.47. The molecule has 20 heavy (non-hydrogen) atoms. The molecule has 7 heteroatoms. The molecule has 0 bridgehead atoms. The van der Waals surface area contributed by atoms with Gasteiger partial charge in [0.25, 0.3) is 0 Å². The molecule has 112 valence electrons. The van der Waals surface area contributed by atoms with Gasteiger partial charge >= 0.3 is 0 Å². The van der Waals surface area contributed by atoms with E-state index in [1.807, 2.05) is 30.1 Å². The minimum Gasteiger partial charge on any atom is -0.352 e. The summed E-state index contributed by atoms with van der Waals surface area (Å²) in [4.78, 5) is 1.91. The molecular formula is C13H19ClN2O2S2. The van der Waals surface area contributed by atoms with Crippen molar-refractivity contribution in [2.45, 2.75) is 11.9 Å². The van der Waals surface area contributed by atoms with E-state index in [0.29, 0.717) is 17.3 Å². The minimum atomic E-state index is -3.13. The molecule has 0 spiro atoms. The summed E-state index contributed by atoms with van der Waals surface area (Å²) >= 11 is 8.01. The Bertz CT molecular complexity index is 578. The molecule has 1 aromatic rings. The summed E-state index contributed by atoms with van der Waals surface area (Å²) in [6, 6.07) is 5.80. The first-order valence-electron chi connectivity index (χ1n) is 6.40. The third-order valence-corrected chi connectivity index (χ3v) is 6.23. The van der Waals surface area contributed by atoms with Crippen LogP contribution in [0.25, 0.3) is 0 Å². The summed E-state index contributed by atoms with van der Waals surface area (Å²) in [7, 11) is -1.25. The summed E-state index contributed by atoms with van der Waals surface area (Å²) < 4.78 is 23.9. The second kappa shape index (κ2) is 6.56. The standard InChI is InChI=1S/C13H19ClN2O2S2/c1-15-8-10-3-4-12(11(14)7-10)16-5-6-19-9-13(16)20(2,17)18/h3-4,7,13,15H,5-6,8-9H2,1-2H3. The monoisotopic (exact) mass is 334 g/mol. The molecule has 1 N–H and O–H groups in total. The van der Waals surface area contributed by atoms with Gasteiger partial charge in [0.2, 0.25) is 0 Å². The van der Waals surface area contributed by atoms with Crippen LogP contribution in [0.4, 0.5) is 5.69 Å². The van der Waals surface area contributed by atoms with Gasteiger partial charge in [-0.2, -0.15) is 11.8 Å². The molecule has 1 unspecified atom stereocenters. The maximum atomic E-state index is 11.9. The smallest absolute Gasteiger partial charge is 0.169 e. The lowest BCUT2D eigenvalue weighted by Gasteiger charge is -2.36. The third kappa shape index (κ3) is 3.61. The molecule has 2 rings (SSSR count). The zero-order chi connectivity index (χ0) is 14.8. The molecule has 1 fully saturated rings. The molecule has 0 radical (unpaired) electrons. The van der Waals surface area contributed by atoms with Crippen LogP contribution >= 0.6 is 23.4 Å². The Morgan fingerprint density at radius 2 is 2.25 bits per heavy atom. The van der Waals surface area contributed by atoms with Gasteiger partial charge in [-0.05, 0) is 24.7 Å². The van der Waals surface area contributed by atoms with E-state index in [2.05, 4.69) is 5.32 Å². The Morgan fingerprint density at radius 1 is 1.50 bits per heavy atom. The number of benzene rings is 1. The fraction of sp³-hybridized carbons (Fsp3) is 0.538. The van der Waals surface area contributed by atoms with Crippen molar-refractivity contribution >= 4 is 38.9 Å². The second-order valence-corrected chi connectivity index (χ2v) is 8.63. The van der Waals surface area contributed by atoms with Crippen LogP contribution in [-0.4, -0.2) is 45.1 Å². The highest BCUT2D eigenvalue weighted by atomic mass is 35.5. The third-order valence-electron chi connectivity index (χ3n) is 3.28. The first kappa shape index (κ1) is 15.9. The molecule has 1 atom stereocenters. The molecule has 0 aromatic heterocycles. The highest BCUT2D eigenvalue weighted by molar-refractivity contribution is 8.01. The molecule has 0 saturated carbocycles. The van der Waals surface area contributed by atoms with Crippen LogP contribution in [0, 0.1) is 0 Å². The largest absolute Gasteiger partial charge is 0.352 e. The summed E-state index contributed by atoms with van der Waals surface area (Å²) in [5, 5.41) is 3.19. The number of halogens is 1. The van der Waals surface area contributed by atoms with E-state index in [9.17, 15) is 8.42 Å². The molecule has 1 aromatic carbocycles. The minimum absolute atomic E-state index is 0.492. The van der Waals surface area contributed by atoms with Gasteiger partial charge in [0, 0.05) is 30.9 Å². The average molecular weight is 335 g/mol. The van der Waals surface area contributed by atoms with Gasteiger partial charge in [0.15, 0.2) is 9.84 Å². The summed E-state index contributed by atoms with van der Waals surface area (Å²) in [6.07, 6.45) is 1.29. The fourth-order valence-corrected chi connectivity index (χ4v) is 5.45. The maximum absolute atomic E-state index is 11.9. The predicted molar refractivity (Wildman–Crippen MR) is 87.5 cm³/mol. The van der Waals surface area contributed by atoms with Crippen LogP contribution in [-0.2, 0) is 16.4 Å². The number of nitrogens with zero attached hydrogens (tertiary/aromatic N) is 1. The SMILES string of the molecule is CNCc1ccc(N2CCSCC2S(C)(=O)=O)c(Cl)c1. The van der Waals surface area contributed by atoms with Gasteiger partial charge in [0.1, 0.15) is 5.37 Å². The number of hydrogen-bond acceptors (Lipinski definition) is 5. The lowest BCUT2D eigenvalue weighted by molar-refractivity contribution is 0.584. The number of thioether (sulfide) groups is 1. The van der Waals surface area contributed by atoms with Crippen molar-refractivity contribution in [2.24, 2.45) is 0 Å². The van der Waals surface area contributed by atoms with E-state index in [4.69, 9.17) is 11.6 Å². The Kier molecular flexibility index (Phi) is 5.23. The van der Waals surface area contributed by atoms with Crippen LogP contribution < -0.4 is 10.2 Å². The van der Waals surface area contributed by atoms with Crippen molar-refractivity contribution in [3.63, 3.8) is 0 Å². The van der Waals surface area contributed by atoms with E-state index in [-0.39, 0.29) is 0 Å². The predicted octanol–water partition coefficient (Wildman–Crippen LogP) is 1.98. The van der Waals surface area contributed by atoms with Crippen LogP contribution in [0.5, 0.6) is 0 Å². The Labute approximate surface area is 129 Å². The quantitative estimate of drug-likeness (QED) is 0.912. The molecule has 0 aliphatic carbocycles. The van der Waals surface area contributed by atoms with Crippen LogP contribution in [0.15, 0.2) is 18.2 Å². The first-order valence-corrected chi connectivity index (χ1v) is 9.88. The molecule has 4 nitrogen and oxygen atoms in total. The average Bonchev–Trinajstić information content (AvgIpc) is 2.38. The highest BCUT2D eigenvalue weighted by Gasteiger charge is 2.32. The van der Waals surface area contributed by atoms with Crippen LogP contribution in [0.2, 0.25) is 5.02 Å². The molecule has 1 saturated heterocycles. The fourth-order valence-electron chi connectivity index (χ4n) is 2.31. The van der Waals surface area contributed by atoms with Crippen LogP contribution in [0.3, 0.4) is 0 Å². The molecule has 1 heterocycles. The Morgan fingerprint density at radius 3 is 2.85 bits per heavy atom. The van der Waals surface area contributed by atoms with Crippen molar-refractivity contribution in [2.75, 3.05) is 36.3 Å². The lowest BCUT2D eigenvalue weighted by atomic mass is 10.2. The Balaban J connectivity index is 2.33. The molecule has 1 aliphatic rings.